The number of benzene rings is 1. The number of nitro groups is 1. The predicted molar refractivity (Wildman–Crippen MR) is 77.5 cm³/mol. The molecule has 0 aliphatic carbocycles. The number of unbranched alkanes of at least 4 members (excludes halogenated alkanes) is 1. The summed E-state index contributed by atoms with van der Waals surface area (Å²) in [5.74, 6) is -0.426. The van der Waals surface area contributed by atoms with Crippen LogP contribution in [0.3, 0.4) is 0 Å². The molecule has 1 aromatic carbocycles. The van der Waals surface area contributed by atoms with Crippen molar-refractivity contribution in [3.05, 3.63) is 33.9 Å². The Bertz CT molecular complexity index is 504. The highest BCUT2D eigenvalue weighted by Crippen LogP contribution is 2.31. The van der Waals surface area contributed by atoms with Crippen LogP contribution in [0, 0.1) is 10.1 Å². The second kappa shape index (κ2) is 8.21. The number of aliphatic hydroxyl groups excluding tert-OH is 1. The number of amides is 1. The normalized spacial score (nSPS) is 10.2. The molecule has 0 aromatic heterocycles. The summed E-state index contributed by atoms with van der Waals surface area (Å²) in [5, 5.41) is 20.1. The zero-order valence-electron chi connectivity index (χ0n) is 12.2. The minimum absolute atomic E-state index is 0.0491. The van der Waals surface area contributed by atoms with Crippen molar-refractivity contribution in [2.24, 2.45) is 0 Å². The fourth-order valence-electron chi connectivity index (χ4n) is 2.01. The Kier molecular flexibility index (Phi) is 6.61. The van der Waals surface area contributed by atoms with Crippen molar-refractivity contribution in [3.8, 4) is 5.75 Å². The number of methoxy groups -OCH3 is 1. The van der Waals surface area contributed by atoms with E-state index in [0.29, 0.717) is 6.54 Å². The first-order valence-corrected chi connectivity index (χ1v) is 6.78. The van der Waals surface area contributed by atoms with Gasteiger partial charge in [-0.1, -0.05) is 19.4 Å². The van der Waals surface area contributed by atoms with Crippen molar-refractivity contribution in [1.82, 2.24) is 4.90 Å². The molecule has 0 fully saturated rings. The maximum absolute atomic E-state index is 12.5. The van der Waals surface area contributed by atoms with Gasteiger partial charge in [0.05, 0.1) is 24.2 Å². The van der Waals surface area contributed by atoms with E-state index in [1.165, 1.54) is 30.2 Å². The monoisotopic (exact) mass is 296 g/mol. The number of nitro benzene ring substituents is 1. The van der Waals surface area contributed by atoms with Crippen LogP contribution in [0.4, 0.5) is 5.69 Å². The summed E-state index contributed by atoms with van der Waals surface area (Å²) in [6.45, 7) is 2.51. The van der Waals surface area contributed by atoms with E-state index in [2.05, 4.69) is 0 Å². The van der Waals surface area contributed by atoms with Crippen LogP contribution in [0.2, 0.25) is 0 Å². The van der Waals surface area contributed by atoms with E-state index in [-0.39, 0.29) is 36.1 Å². The van der Waals surface area contributed by atoms with Crippen LogP contribution >= 0.6 is 0 Å². The molecular weight excluding hydrogens is 276 g/mol. The molecule has 0 radical (unpaired) electrons. The molecule has 1 rings (SSSR count). The second-order valence-electron chi connectivity index (χ2n) is 4.48. The highest BCUT2D eigenvalue weighted by molar-refractivity contribution is 5.98. The van der Waals surface area contributed by atoms with Gasteiger partial charge in [0.25, 0.3) is 5.91 Å². The zero-order chi connectivity index (χ0) is 15.8. The van der Waals surface area contributed by atoms with Crippen molar-refractivity contribution in [2.45, 2.75) is 19.8 Å². The lowest BCUT2D eigenvalue weighted by Gasteiger charge is -2.22. The Labute approximate surface area is 123 Å². The van der Waals surface area contributed by atoms with Crippen molar-refractivity contribution in [3.63, 3.8) is 0 Å². The lowest BCUT2D eigenvalue weighted by atomic mass is 10.1. The van der Waals surface area contributed by atoms with Gasteiger partial charge in [0.1, 0.15) is 0 Å². The minimum Gasteiger partial charge on any atom is -0.490 e. The lowest BCUT2D eigenvalue weighted by molar-refractivity contribution is -0.385. The molecule has 0 aliphatic rings. The largest absolute Gasteiger partial charge is 0.490 e. The van der Waals surface area contributed by atoms with Crippen LogP contribution in [0.1, 0.15) is 30.1 Å². The van der Waals surface area contributed by atoms with Crippen LogP contribution in [0.15, 0.2) is 18.2 Å². The third-order valence-corrected chi connectivity index (χ3v) is 3.06. The van der Waals surface area contributed by atoms with Crippen LogP contribution in [0.5, 0.6) is 5.75 Å². The summed E-state index contributed by atoms with van der Waals surface area (Å²) < 4.78 is 5.04. The number of ether oxygens (including phenoxy) is 1. The summed E-state index contributed by atoms with van der Waals surface area (Å²) >= 11 is 0. The molecule has 0 heterocycles. The summed E-state index contributed by atoms with van der Waals surface area (Å²) in [7, 11) is 1.29. The van der Waals surface area contributed by atoms with Crippen LogP contribution in [0.25, 0.3) is 0 Å². The smallest absolute Gasteiger partial charge is 0.311 e. The summed E-state index contributed by atoms with van der Waals surface area (Å²) in [6.07, 6.45) is 1.70. The molecule has 0 saturated carbocycles. The maximum atomic E-state index is 12.5. The van der Waals surface area contributed by atoms with Gasteiger partial charge >= 0.3 is 5.69 Å². The molecular formula is C14H20N2O5. The fraction of sp³-hybridized carbons (Fsp3) is 0.500. The number of hydrogen-bond donors (Lipinski definition) is 1. The van der Waals surface area contributed by atoms with E-state index in [0.717, 1.165) is 12.8 Å². The first kappa shape index (κ1) is 16.9. The van der Waals surface area contributed by atoms with Crippen molar-refractivity contribution < 1.29 is 19.6 Å². The Morgan fingerprint density at radius 1 is 1.43 bits per heavy atom. The molecule has 0 unspecified atom stereocenters. The van der Waals surface area contributed by atoms with Gasteiger partial charge in [-0.15, -0.1) is 0 Å². The number of hydrogen-bond acceptors (Lipinski definition) is 5. The van der Waals surface area contributed by atoms with Gasteiger partial charge in [0.15, 0.2) is 0 Å². The number of carbonyl (C=O) groups excluding carboxylic acids is 1. The Hall–Kier alpha value is -2.15. The molecule has 1 aromatic rings. The number of rotatable bonds is 8. The maximum Gasteiger partial charge on any atom is 0.311 e. The summed E-state index contributed by atoms with van der Waals surface area (Å²) in [6, 6.07) is 4.23. The predicted octanol–water partition coefficient (Wildman–Crippen LogP) is 1.84. The third-order valence-electron chi connectivity index (χ3n) is 3.06. The van der Waals surface area contributed by atoms with E-state index < -0.39 is 4.92 Å². The highest BCUT2D eigenvalue weighted by Gasteiger charge is 2.25. The number of aliphatic hydroxyl groups is 1. The zero-order valence-corrected chi connectivity index (χ0v) is 12.2. The van der Waals surface area contributed by atoms with E-state index in [1.807, 2.05) is 6.92 Å². The van der Waals surface area contributed by atoms with Crippen molar-refractivity contribution >= 4 is 11.6 Å². The number of para-hydroxylation sites is 1. The Morgan fingerprint density at radius 3 is 2.67 bits per heavy atom. The Morgan fingerprint density at radius 2 is 2.14 bits per heavy atom. The molecule has 7 heteroatoms. The first-order valence-electron chi connectivity index (χ1n) is 6.78. The van der Waals surface area contributed by atoms with E-state index in [1.54, 1.807) is 0 Å². The number of nitrogens with zero attached hydrogens (tertiary/aromatic N) is 2. The van der Waals surface area contributed by atoms with Gasteiger partial charge in [-0.25, -0.2) is 0 Å². The van der Waals surface area contributed by atoms with E-state index >= 15 is 0 Å². The Balaban J connectivity index is 3.14. The van der Waals surface area contributed by atoms with Gasteiger partial charge in [-0.3, -0.25) is 14.9 Å². The second-order valence-corrected chi connectivity index (χ2v) is 4.48. The van der Waals surface area contributed by atoms with E-state index in [9.17, 15) is 14.9 Å². The van der Waals surface area contributed by atoms with Crippen LogP contribution < -0.4 is 4.74 Å². The van der Waals surface area contributed by atoms with Crippen molar-refractivity contribution in [2.75, 3.05) is 26.8 Å². The third kappa shape index (κ3) is 4.16. The topological polar surface area (TPSA) is 92.9 Å². The van der Waals surface area contributed by atoms with E-state index in [4.69, 9.17) is 9.84 Å². The van der Waals surface area contributed by atoms with Gasteiger partial charge in [-0.05, 0) is 12.5 Å². The molecule has 1 N–H and O–H groups in total. The van der Waals surface area contributed by atoms with Crippen LogP contribution in [-0.2, 0) is 0 Å². The lowest BCUT2D eigenvalue weighted by Crippen LogP contribution is -2.34. The molecule has 0 bridgehead atoms. The average molecular weight is 296 g/mol. The van der Waals surface area contributed by atoms with Gasteiger partial charge in [-0.2, -0.15) is 0 Å². The molecule has 1 amide bonds. The molecule has 0 aliphatic heterocycles. The number of carbonyl (C=O) groups is 1. The molecule has 116 valence electrons. The van der Waals surface area contributed by atoms with Crippen LogP contribution in [-0.4, -0.2) is 47.6 Å². The molecule has 0 saturated heterocycles. The molecule has 0 atom stereocenters. The minimum atomic E-state index is -0.585. The fourth-order valence-corrected chi connectivity index (χ4v) is 2.01. The van der Waals surface area contributed by atoms with Crippen molar-refractivity contribution in [1.29, 1.82) is 0 Å². The SMILES string of the molecule is CCCCN(CCO)C(=O)c1cccc([N+](=O)[O-])c1OC. The van der Waals surface area contributed by atoms with Gasteiger partial charge < -0.3 is 14.7 Å². The molecule has 7 nitrogen and oxygen atoms in total. The summed E-state index contributed by atoms with van der Waals surface area (Å²) in [4.78, 5) is 24.4. The van der Waals surface area contributed by atoms with Gasteiger partial charge in [0, 0.05) is 19.2 Å². The molecule has 21 heavy (non-hydrogen) atoms. The molecule has 0 spiro atoms. The summed E-state index contributed by atoms with van der Waals surface area (Å²) in [5.41, 5.74) is -0.112. The highest BCUT2D eigenvalue weighted by atomic mass is 16.6. The average Bonchev–Trinajstić information content (AvgIpc) is 2.49. The van der Waals surface area contributed by atoms with Gasteiger partial charge in [0.2, 0.25) is 5.75 Å². The first-order chi connectivity index (χ1) is 10.1. The standard InChI is InChI=1S/C14H20N2O5/c1-3-4-8-15(9-10-17)14(18)11-6-5-7-12(16(19)20)13(11)21-2/h5-7,17H,3-4,8-10H2,1-2H3. The quantitative estimate of drug-likeness (QED) is 0.583.